The van der Waals surface area contributed by atoms with Gasteiger partial charge in [-0.1, -0.05) is 26.0 Å². The van der Waals surface area contributed by atoms with E-state index in [1.807, 2.05) is 13.1 Å². The van der Waals surface area contributed by atoms with E-state index in [0.29, 0.717) is 0 Å². The molecule has 0 saturated carbocycles. The molecule has 1 nitrogen and oxygen atoms in total. The average Bonchev–Trinajstić information content (AvgIpc) is 2.11. The minimum atomic E-state index is 0.998. The van der Waals surface area contributed by atoms with Crippen molar-refractivity contribution in [2.45, 2.75) is 40.5 Å². The van der Waals surface area contributed by atoms with Gasteiger partial charge in [-0.3, -0.25) is 4.99 Å². The maximum atomic E-state index is 4.37. The summed E-state index contributed by atoms with van der Waals surface area (Å²) in [4.78, 5) is 4.37. The monoisotopic (exact) mass is 165 g/mol. The molecule has 0 N–H and O–H groups in total. The Morgan fingerprint density at radius 3 is 2.33 bits per heavy atom. The SMILES string of the molecule is C/C=C(C)\C(=C/CC)N=CCC. The number of rotatable bonds is 4. The van der Waals surface area contributed by atoms with Crippen LogP contribution in [0.4, 0.5) is 0 Å². The molecule has 0 aliphatic carbocycles. The van der Waals surface area contributed by atoms with Gasteiger partial charge in [-0.2, -0.15) is 0 Å². The minimum absolute atomic E-state index is 0.998. The molecule has 0 saturated heterocycles. The highest BCUT2D eigenvalue weighted by atomic mass is 14.7. The van der Waals surface area contributed by atoms with Gasteiger partial charge >= 0.3 is 0 Å². The zero-order valence-electron chi connectivity index (χ0n) is 8.59. The summed E-state index contributed by atoms with van der Waals surface area (Å²) >= 11 is 0. The lowest BCUT2D eigenvalue weighted by Crippen LogP contribution is -1.82. The molecule has 0 rings (SSSR count). The quantitative estimate of drug-likeness (QED) is 0.444. The summed E-state index contributed by atoms with van der Waals surface area (Å²) in [5.74, 6) is 0. The van der Waals surface area contributed by atoms with Gasteiger partial charge < -0.3 is 0 Å². The van der Waals surface area contributed by atoms with Crippen molar-refractivity contribution >= 4 is 6.21 Å². The molecule has 0 heterocycles. The van der Waals surface area contributed by atoms with Crippen molar-refractivity contribution in [3.8, 4) is 0 Å². The van der Waals surface area contributed by atoms with E-state index in [2.05, 4.69) is 37.9 Å². The first-order valence-corrected chi connectivity index (χ1v) is 4.62. The van der Waals surface area contributed by atoms with Crippen LogP contribution in [-0.4, -0.2) is 6.21 Å². The Hall–Kier alpha value is -0.850. The van der Waals surface area contributed by atoms with Crippen LogP contribution < -0.4 is 0 Å². The Kier molecular flexibility index (Phi) is 6.35. The first kappa shape index (κ1) is 11.2. The molecule has 0 aromatic rings. The molecule has 0 atom stereocenters. The lowest BCUT2D eigenvalue weighted by molar-refractivity contribution is 1.15. The highest BCUT2D eigenvalue weighted by Crippen LogP contribution is 2.10. The fraction of sp³-hybridized carbons (Fsp3) is 0.545. The number of allylic oxidation sites excluding steroid dienone is 3. The third-order valence-corrected chi connectivity index (χ3v) is 1.65. The zero-order valence-corrected chi connectivity index (χ0v) is 8.59. The molecule has 68 valence electrons. The molecule has 0 spiro atoms. The molecule has 0 amide bonds. The van der Waals surface area contributed by atoms with Crippen molar-refractivity contribution in [1.29, 1.82) is 0 Å². The molecule has 0 bridgehead atoms. The van der Waals surface area contributed by atoms with Crippen LogP contribution in [0, 0.1) is 0 Å². The summed E-state index contributed by atoms with van der Waals surface area (Å²) < 4.78 is 0. The van der Waals surface area contributed by atoms with Crippen LogP contribution in [0.1, 0.15) is 40.5 Å². The molecule has 1 heteroatoms. The van der Waals surface area contributed by atoms with E-state index in [4.69, 9.17) is 0 Å². The lowest BCUT2D eigenvalue weighted by Gasteiger charge is -1.99. The van der Waals surface area contributed by atoms with Gasteiger partial charge in [0.25, 0.3) is 0 Å². The van der Waals surface area contributed by atoms with Crippen LogP contribution in [0.3, 0.4) is 0 Å². The predicted octanol–water partition coefficient (Wildman–Crippen LogP) is 3.73. The fourth-order valence-electron chi connectivity index (χ4n) is 0.846. The first-order valence-electron chi connectivity index (χ1n) is 4.62. The molecular weight excluding hydrogens is 146 g/mol. The van der Waals surface area contributed by atoms with Gasteiger partial charge in [0.1, 0.15) is 0 Å². The first-order chi connectivity index (χ1) is 5.76. The number of nitrogens with zero attached hydrogens (tertiary/aromatic N) is 1. The summed E-state index contributed by atoms with van der Waals surface area (Å²) in [6.07, 6.45) is 8.24. The Morgan fingerprint density at radius 2 is 1.92 bits per heavy atom. The molecular formula is C11H19N. The second-order valence-electron chi connectivity index (χ2n) is 2.69. The van der Waals surface area contributed by atoms with E-state index in [1.54, 1.807) is 0 Å². The number of hydrogen-bond donors (Lipinski definition) is 0. The molecule has 0 aromatic heterocycles. The van der Waals surface area contributed by atoms with Crippen molar-refractivity contribution in [2.75, 3.05) is 0 Å². The van der Waals surface area contributed by atoms with Crippen molar-refractivity contribution in [3.63, 3.8) is 0 Å². The Balaban J connectivity index is 4.45. The lowest BCUT2D eigenvalue weighted by atomic mass is 10.2. The van der Waals surface area contributed by atoms with E-state index >= 15 is 0 Å². The maximum Gasteiger partial charge on any atom is 0.0611 e. The molecule has 0 unspecified atom stereocenters. The van der Waals surface area contributed by atoms with Gasteiger partial charge in [0.15, 0.2) is 0 Å². The van der Waals surface area contributed by atoms with Crippen LogP contribution in [-0.2, 0) is 0 Å². The van der Waals surface area contributed by atoms with Crippen LogP contribution in [0.15, 0.2) is 28.4 Å². The van der Waals surface area contributed by atoms with Gasteiger partial charge in [0.2, 0.25) is 0 Å². The molecule has 0 radical (unpaired) electrons. The summed E-state index contributed by atoms with van der Waals surface area (Å²) in [5.41, 5.74) is 2.36. The van der Waals surface area contributed by atoms with E-state index in [-0.39, 0.29) is 0 Å². The second-order valence-corrected chi connectivity index (χ2v) is 2.69. The molecule has 0 fully saturated rings. The van der Waals surface area contributed by atoms with Gasteiger partial charge in [-0.25, -0.2) is 0 Å². The van der Waals surface area contributed by atoms with Crippen molar-refractivity contribution < 1.29 is 0 Å². The molecule has 0 aromatic carbocycles. The van der Waals surface area contributed by atoms with Crippen LogP contribution in [0.2, 0.25) is 0 Å². The van der Waals surface area contributed by atoms with Crippen molar-refractivity contribution in [1.82, 2.24) is 0 Å². The van der Waals surface area contributed by atoms with E-state index < -0.39 is 0 Å². The Bertz CT molecular complexity index is 197. The standard InChI is InChI=1S/C11H19N/c1-5-8-11(10(4)7-3)12-9-6-2/h7-9H,5-6H2,1-4H3/b10-7-,11-8+,12-9?. The third kappa shape index (κ3) is 4.12. The number of hydrogen-bond acceptors (Lipinski definition) is 1. The van der Waals surface area contributed by atoms with Crippen LogP contribution >= 0.6 is 0 Å². The minimum Gasteiger partial charge on any atom is -0.261 e. The number of aliphatic imine (C=N–C) groups is 1. The fourth-order valence-corrected chi connectivity index (χ4v) is 0.846. The molecule has 0 aliphatic rings. The Morgan fingerprint density at radius 1 is 1.25 bits per heavy atom. The van der Waals surface area contributed by atoms with Crippen LogP contribution in [0.5, 0.6) is 0 Å². The van der Waals surface area contributed by atoms with Gasteiger partial charge in [-0.15, -0.1) is 0 Å². The summed E-state index contributed by atoms with van der Waals surface area (Å²) in [6.45, 7) is 8.36. The van der Waals surface area contributed by atoms with Gasteiger partial charge in [-0.05, 0) is 32.3 Å². The van der Waals surface area contributed by atoms with Crippen molar-refractivity contribution in [2.24, 2.45) is 4.99 Å². The van der Waals surface area contributed by atoms with Gasteiger partial charge in [0.05, 0.1) is 5.70 Å². The zero-order chi connectivity index (χ0) is 9.40. The topological polar surface area (TPSA) is 12.4 Å². The third-order valence-electron chi connectivity index (χ3n) is 1.65. The average molecular weight is 165 g/mol. The van der Waals surface area contributed by atoms with Gasteiger partial charge in [0, 0.05) is 6.21 Å². The second kappa shape index (κ2) is 6.84. The normalized spacial score (nSPS) is 14.3. The highest BCUT2D eigenvalue weighted by Gasteiger charge is 1.93. The summed E-state index contributed by atoms with van der Waals surface area (Å²) in [6, 6.07) is 0. The highest BCUT2D eigenvalue weighted by molar-refractivity contribution is 5.59. The van der Waals surface area contributed by atoms with E-state index in [1.165, 1.54) is 5.57 Å². The largest absolute Gasteiger partial charge is 0.261 e. The molecule has 0 aliphatic heterocycles. The van der Waals surface area contributed by atoms with Crippen LogP contribution in [0.25, 0.3) is 0 Å². The van der Waals surface area contributed by atoms with E-state index in [0.717, 1.165) is 18.5 Å². The summed E-state index contributed by atoms with van der Waals surface area (Å²) in [5, 5.41) is 0. The van der Waals surface area contributed by atoms with E-state index in [9.17, 15) is 0 Å². The smallest absolute Gasteiger partial charge is 0.0611 e. The maximum absolute atomic E-state index is 4.37. The van der Waals surface area contributed by atoms with Crippen molar-refractivity contribution in [3.05, 3.63) is 23.4 Å². The Labute approximate surface area is 75.9 Å². The molecule has 12 heavy (non-hydrogen) atoms. The predicted molar refractivity (Wildman–Crippen MR) is 56.6 cm³/mol. The summed E-state index contributed by atoms with van der Waals surface area (Å²) in [7, 11) is 0.